The van der Waals surface area contributed by atoms with Gasteiger partial charge in [0.05, 0.1) is 5.69 Å². The van der Waals surface area contributed by atoms with Crippen LogP contribution in [0.3, 0.4) is 0 Å². The zero-order chi connectivity index (χ0) is 10.1. The maximum Gasteiger partial charge on any atom is 0.0693 e. The van der Waals surface area contributed by atoms with E-state index < -0.39 is 0 Å². The summed E-state index contributed by atoms with van der Waals surface area (Å²) in [4.78, 5) is 4.47. The highest BCUT2D eigenvalue weighted by atomic mass is 35.5. The maximum atomic E-state index is 6.07. The molecule has 0 saturated carbocycles. The standard InChI is InChI=1S/C12H14ClN/c1-8(2)11-7-10(13)6-9-4-3-5-14-12(9)11/h5-8H,3-4H2,1-2H3. The second-order valence-electron chi connectivity index (χ2n) is 4.01. The van der Waals surface area contributed by atoms with Crippen molar-refractivity contribution in [2.45, 2.75) is 32.6 Å². The molecule has 1 aromatic carbocycles. The summed E-state index contributed by atoms with van der Waals surface area (Å²) in [5.41, 5.74) is 3.71. The van der Waals surface area contributed by atoms with E-state index in [1.165, 1.54) is 11.1 Å². The van der Waals surface area contributed by atoms with Gasteiger partial charge in [-0.3, -0.25) is 4.99 Å². The van der Waals surface area contributed by atoms with Gasteiger partial charge in [0.25, 0.3) is 0 Å². The van der Waals surface area contributed by atoms with Gasteiger partial charge in [0.15, 0.2) is 0 Å². The van der Waals surface area contributed by atoms with Gasteiger partial charge in [-0.1, -0.05) is 25.4 Å². The molecule has 0 amide bonds. The van der Waals surface area contributed by atoms with E-state index in [1.807, 2.05) is 18.3 Å². The lowest BCUT2D eigenvalue weighted by molar-refractivity contribution is 0.858. The summed E-state index contributed by atoms with van der Waals surface area (Å²) >= 11 is 6.07. The van der Waals surface area contributed by atoms with Crippen LogP contribution in [0.25, 0.3) is 0 Å². The van der Waals surface area contributed by atoms with Crippen molar-refractivity contribution in [2.75, 3.05) is 0 Å². The Morgan fingerprint density at radius 1 is 1.36 bits per heavy atom. The molecular weight excluding hydrogens is 194 g/mol. The fourth-order valence-corrected chi connectivity index (χ4v) is 2.09. The van der Waals surface area contributed by atoms with Gasteiger partial charge in [0.2, 0.25) is 0 Å². The normalized spacial score (nSPS) is 14.6. The Bertz CT molecular complexity index is 380. The fraction of sp³-hybridized carbons (Fsp3) is 0.417. The summed E-state index contributed by atoms with van der Waals surface area (Å²) < 4.78 is 0. The SMILES string of the molecule is CC(C)c1cc(Cl)cc2c1N=CCC2. The van der Waals surface area contributed by atoms with Crippen molar-refractivity contribution in [3.8, 4) is 0 Å². The van der Waals surface area contributed by atoms with Crippen molar-refractivity contribution < 1.29 is 0 Å². The molecule has 0 aliphatic carbocycles. The molecule has 0 bridgehead atoms. The van der Waals surface area contributed by atoms with Gasteiger partial charge in [-0.25, -0.2) is 0 Å². The predicted molar refractivity (Wildman–Crippen MR) is 62.0 cm³/mol. The van der Waals surface area contributed by atoms with Crippen molar-refractivity contribution in [2.24, 2.45) is 4.99 Å². The van der Waals surface area contributed by atoms with Crippen LogP contribution in [0.2, 0.25) is 5.02 Å². The van der Waals surface area contributed by atoms with Crippen LogP contribution in [0.1, 0.15) is 37.3 Å². The van der Waals surface area contributed by atoms with E-state index in [4.69, 9.17) is 11.6 Å². The van der Waals surface area contributed by atoms with Crippen molar-refractivity contribution in [3.63, 3.8) is 0 Å². The van der Waals surface area contributed by atoms with Gasteiger partial charge in [0, 0.05) is 11.2 Å². The van der Waals surface area contributed by atoms with E-state index in [0.717, 1.165) is 23.6 Å². The third kappa shape index (κ3) is 1.69. The van der Waals surface area contributed by atoms with Gasteiger partial charge in [-0.15, -0.1) is 0 Å². The highest BCUT2D eigenvalue weighted by Crippen LogP contribution is 2.35. The Kier molecular flexibility index (Phi) is 2.60. The minimum Gasteiger partial charge on any atom is -0.261 e. The molecule has 2 rings (SSSR count). The first-order chi connectivity index (χ1) is 6.68. The zero-order valence-electron chi connectivity index (χ0n) is 8.55. The van der Waals surface area contributed by atoms with Crippen LogP contribution < -0.4 is 0 Å². The first-order valence-corrected chi connectivity index (χ1v) is 5.41. The molecule has 1 nitrogen and oxygen atoms in total. The molecule has 2 heteroatoms. The Hall–Kier alpha value is -0.820. The molecule has 0 saturated heterocycles. The largest absolute Gasteiger partial charge is 0.261 e. The van der Waals surface area contributed by atoms with Crippen LogP contribution >= 0.6 is 11.6 Å². The molecular formula is C12H14ClN. The lowest BCUT2D eigenvalue weighted by Gasteiger charge is -2.17. The molecule has 0 aromatic heterocycles. The molecule has 0 fully saturated rings. The minimum atomic E-state index is 0.484. The van der Waals surface area contributed by atoms with Crippen LogP contribution in [0.15, 0.2) is 17.1 Å². The number of fused-ring (bicyclic) bond motifs is 1. The Balaban J connectivity index is 2.60. The van der Waals surface area contributed by atoms with Gasteiger partial charge in [-0.05, 0) is 42.0 Å². The van der Waals surface area contributed by atoms with E-state index in [9.17, 15) is 0 Å². The van der Waals surface area contributed by atoms with E-state index >= 15 is 0 Å². The lowest BCUT2D eigenvalue weighted by atomic mass is 9.95. The third-order valence-electron chi connectivity index (χ3n) is 2.57. The molecule has 1 aliphatic heterocycles. The number of halogens is 1. The second kappa shape index (κ2) is 3.74. The summed E-state index contributed by atoms with van der Waals surface area (Å²) in [6.45, 7) is 4.35. The first kappa shape index (κ1) is 9.72. The molecule has 0 radical (unpaired) electrons. The van der Waals surface area contributed by atoms with Gasteiger partial charge >= 0.3 is 0 Å². The predicted octanol–water partition coefficient (Wildman–Crippen LogP) is 4.11. The van der Waals surface area contributed by atoms with E-state index in [1.54, 1.807) is 0 Å². The molecule has 1 heterocycles. The highest BCUT2D eigenvalue weighted by molar-refractivity contribution is 6.30. The number of rotatable bonds is 1. The molecule has 0 spiro atoms. The van der Waals surface area contributed by atoms with Crippen molar-refractivity contribution in [1.82, 2.24) is 0 Å². The molecule has 0 unspecified atom stereocenters. The number of benzene rings is 1. The summed E-state index contributed by atoms with van der Waals surface area (Å²) in [6.07, 6.45) is 4.10. The monoisotopic (exact) mass is 207 g/mol. The third-order valence-corrected chi connectivity index (χ3v) is 2.79. The van der Waals surface area contributed by atoms with Gasteiger partial charge in [-0.2, -0.15) is 0 Å². The van der Waals surface area contributed by atoms with Gasteiger partial charge in [0.1, 0.15) is 0 Å². The summed E-state index contributed by atoms with van der Waals surface area (Å²) in [5.74, 6) is 0.484. The van der Waals surface area contributed by atoms with Gasteiger partial charge < -0.3 is 0 Å². The van der Waals surface area contributed by atoms with E-state index in [2.05, 4.69) is 18.8 Å². The number of hydrogen-bond donors (Lipinski definition) is 0. The van der Waals surface area contributed by atoms with Crippen LogP contribution in [0, 0.1) is 0 Å². The van der Waals surface area contributed by atoms with Crippen molar-refractivity contribution >= 4 is 23.5 Å². The number of aliphatic imine (C=N–C) groups is 1. The lowest BCUT2D eigenvalue weighted by Crippen LogP contribution is -1.99. The Morgan fingerprint density at radius 2 is 2.14 bits per heavy atom. The van der Waals surface area contributed by atoms with Crippen molar-refractivity contribution in [1.29, 1.82) is 0 Å². The second-order valence-corrected chi connectivity index (χ2v) is 4.44. The van der Waals surface area contributed by atoms with Crippen LogP contribution in [0.4, 0.5) is 5.69 Å². The maximum absolute atomic E-state index is 6.07. The van der Waals surface area contributed by atoms with E-state index in [0.29, 0.717) is 5.92 Å². The quantitative estimate of drug-likeness (QED) is 0.657. The molecule has 1 aromatic rings. The topological polar surface area (TPSA) is 12.4 Å². The summed E-state index contributed by atoms with van der Waals surface area (Å²) in [6, 6.07) is 4.08. The zero-order valence-corrected chi connectivity index (χ0v) is 9.30. The first-order valence-electron chi connectivity index (χ1n) is 5.03. The fourth-order valence-electron chi connectivity index (χ4n) is 1.84. The molecule has 0 atom stereocenters. The average molecular weight is 208 g/mol. The molecule has 14 heavy (non-hydrogen) atoms. The highest BCUT2D eigenvalue weighted by Gasteiger charge is 2.14. The summed E-state index contributed by atoms with van der Waals surface area (Å²) in [7, 11) is 0. The molecule has 1 aliphatic rings. The van der Waals surface area contributed by atoms with Crippen LogP contribution in [-0.4, -0.2) is 6.21 Å². The van der Waals surface area contributed by atoms with Crippen LogP contribution in [0.5, 0.6) is 0 Å². The summed E-state index contributed by atoms with van der Waals surface area (Å²) in [5, 5.41) is 0.838. The van der Waals surface area contributed by atoms with Crippen molar-refractivity contribution in [3.05, 3.63) is 28.3 Å². The number of aryl methyl sites for hydroxylation is 1. The number of hydrogen-bond acceptors (Lipinski definition) is 1. The molecule has 0 N–H and O–H groups in total. The van der Waals surface area contributed by atoms with Crippen LogP contribution in [-0.2, 0) is 6.42 Å². The van der Waals surface area contributed by atoms with E-state index in [-0.39, 0.29) is 0 Å². The average Bonchev–Trinajstić information content (AvgIpc) is 2.16. The Morgan fingerprint density at radius 3 is 2.86 bits per heavy atom. The smallest absolute Gasteiger partial charge is 0.0693 e. The number of nitrogens with zero attached hydrogens (tertiary/aromatic N) is 1. The minimum absolute atomic E-state index is 0.484. The Labute approximate surface area is 89.8 Å². The molecule has 74 valence electrons.